The molecule has 4 amide bonds. The van der Waals surface area contributed by atoms with Crippen LogP contribution >= 0.6 is 11.6 Å². The van der Waals surface area contributed by atoms with Gasteiger partial charge in [-0.1, -0.05) is 29.8 Å². The van der Waals surface area contributed by atoms with Crippen molar-refractivity contribution in [3.63, 3.8) is 0 Å². The molecule has 1 aliphatic heterocycles. The molecule has 1 saturated heterocycles. The average molecular weight is 396 g/mol. The van der Waals surface area contributed by atoms with E-state index in [1.165, 1.54) is 12.1 Å². The van der Waals surface area contributed by atoms with Crippen LogP contribution in [0.2, 0.25) is 5.02 Å². The molecule has 1 heterocycles. The number of nitrogens with zero attached hydrogens (tertiary/aromatic N) is 2. The Labute approximate surface area is 165 Å². The zero-order chi connectivity index (χ0) is 20.3. The van der Waals surface area contributed by atoms with Gasteiger partial charge < -0.3 is 4.74 Å². The second-order valence-corrected chi connectivity index (χ2v) is 6.31. The van der Waals surface area contributed by atoms with Crippen molar-refractivity contribution in [2.24, 2.45) is 0 Å². The number of carbonyl (C=O) groups is 3. The summed E-state index contributed by atoms with van der Waals surface area (Å²) in [6.07, 6.45) is 1.38. The number of hydrogen-bond acceptors (Lipinski definition) is 5. The standard InChI is InChI=1S/C20H14ClN3O4/c1-12-2-5-14(11-17(12)21)24-19(26)16(18(25)23-20(24)27)10-13-3-6-15(7-4-13)28-9-8-22/h2-7,10-11H,9H2,1H3,(H,23,25,27)/b16-10-. The molecule has 1 fully saturated rings. The van der Waals surface area contributed by atoms with E-state index in [4.69, 9.17) is 21.6 Å². The number of ether oxygens (including phenoxy) is 1. The first-order chi connectivity index (χ1) is 13.4. The zero-order valence-corrected chi connectivity index (χ0v) is 15.5. The maximum atomic E-state index is 12.8. The molecule has 2 aromatic carbocycles. The van der Waals surface area contributed by atoms with E-state index < -0.39 is 17.8 Å². The fraction of sp³-hybridized carbons (Fsp3) is 0.100. The minimum absolute atomic E-state index is 0.0858. The monoisotopic (exact) mass is 395 g/mol. The quantitative estimate of drug-likeness (QED) is 0.633. The number of rotatable bonds is 4. The second-order valence-electron chi connectivity index (χ2n) is 5.91. The van der Waals surface area contributed by atoms with E-state index >= 15 is 0 Å². The molecule has 140 valence electrons. The van der Waals surface area contributed by atoms with Crippen LogP contribution < -0.4 is 15.0 Å². The summed E-state index contributed by atoms with van der Waals surface area (Å²) in [5.74, 6) is -1.05. The molecule has 2 aromatic rings. The highest BCUT2D eigenvalue weighted by Crippen LogP contribution is 2.26. The molecule has 0 unspecified atom stereocenters. The summed E-state index contributed by atoms with van der Waals surface area (Å²) >= 11 is 6.09. The number of carbonyl (C=O) groups excluding carboxylic acids is 3. The number of hydrogen-bond donors (Lipinski definition) is 1. The molecule has 0 radical (unpaired) electrons. The van der Waals surface area contributed by atoms with Crippen LogP contribution in [0.25, 0.3) is 6.08 Å². The van der Waals surface area contributed by atoms with Gasteiger partial charge in [0.05, 0.1) is 5.69 Å². The molecule has 1 aliphatic rings. The Bertz CT molecular complexity index is 1040. The zero-order valence-electron chi connectivity index (χ0n) is 14.7. The molecule has 0 saturated carbocycles. The number of halogens is 1. The van der Waals surface area contributed by atoms with Crippen LogP contribution in [0.15, 0.2) is 48.0 Å². The number of amides is 4. The summed E-state index contributed by atoms with van der Waals surface area (Å²) in [4.78, 5) is 38.1. The molecule has 0 spiro atoms. The van der Waals surface area contributed by atoms with Crippen molar-refractivity contribution >= 4 is 41.2 Å². The summed E-state index contributed by atoms with van der Waals surface area (Å²) < 4.78 is 5.16. The molecule has 0 atom stereocenters. The molecule has 8 heteroatoms. The van der Waals surface area contributed by atoms with Crippen LogP contribution in [0, 0.1) is 18.3 Å². The van der Waals surface area contributed by atoms with Gasteiger partial charge in [0, 0.05) is 5.02 Å². The number of urea groups is 1. The van der Waals surface area contributed by atoms with Crippen LogP contribution in [0.1, 0.15) is 11.1 Å². The van der Waals surface area contributed by atoms with E-state index in [0.717, 1.165) is 10.5 Å². The van der Waals surface area contributed by atoms with Gasteiger partial charge in [-0.3, -0.25) is 14.9 Å². The Kier molecular flexibility index (Phi) is 5.43. The minimum atomic E-state index is -0.840. The van der Waals surface area contributed by atoms with Gasteiger partial charge in [0.2, 0.25) is 0 Å². The number of barbiturate groups is 1. The van der Waals surface area contributed by atoms with Gasteiger partial charge >= 0.3 is 6.03 Å². The molecular weight excluding hydrogens is 382 g/mol. The van der Waals surface area contributed by atoms with Gasteiger partial charge in [-0.15, -0.1) is 0 Å². The highest BCUT2D eigenvalue weighted by molar-refractivity contribution is 6.39. The van der Waals surface area contributed by atoms with Crippen molar-refractivity contribution in [3.8, 4) is 11.8 Å². The third-order valence-electron chi connectivity index (χ3n) is 4.01. The van der Waals surface area contributed by atoms with Crippen LogP contribution in [0.5, 0.6) is 5.75 Å². The lowest BCUT2D eigenvalue weighted by molar-refractivity contribution is -0.122. The third-order valence-corrected chi connectivity index (χ3v) is 4.42. The molecule has 7 nitrogen and oxygen atoms in total. The lowest BCUT2D eigenvalue weighted by Crippen LogP contribution is -2.54. The number of benzene rings is 2. The molecular formula is C20H14ClN3O4. The fourth-order valence-electron chi connectivity index (χ4n) is 2.56. The Balaban J connectivity index is 1.92. The molecule has 0 aromatic heterocycles. The van der Waals surface area contributed by atoms with E-state index in [1.54, 1.807) is 43.3 Å². The summed E-state index contributed by atoms with van der Waals surface area (Å²) in [5.41, 5.74) is 1.42. The minimum Gasteiger partial charge on any atom is -0.479 e. The summed E-state index contributed by atoms with van der Waals surface area (Å²) in [6.45, 7) is 1.71. The predicted molar refractivity (Wildman–Crippen MR) is 103 cm³/mol. The van der Waals surface area contributed by atoms with E-state index in [9.17, 15) is 14.4 Å². The van der Waals surface area contributed by atoms with Crippen molar-refractivity contribution in [1.29, 1.82) is 5.26 Å². The van der Waals surface area contributed by atoms with E-state index in [-0.39, 0.29) is 17.9 Å². The number of nitrogens with one attached hydrogen (secondary N) is 1. The molecule has 1 N–H and O–H groups in total. The largest absolute Gasteiger partial charge is 0.479 e. The van der Waals surface area contributed by atoms with Gasteiger partial charge in [0.25, 0.3) is 11.8 Å². The average Bonchev–Trinajstić information content (AvgIpc) is 2.67. The number of imide groups is 2. The fourth-order valence-corrected chi connectivity index (χ4v) is 2.73. The van der Waals surface area contributed by atoms with Crippen LogP contribution in [-0.4, -0.2) is 24.5 Å². The van der Waals surface area contributed by atoms with Crippen LogP contribution in [0.3, 0.4) is 0 Å². The van der Waals surface area contributed by atoms with Crippen molar-refractivity contribution in [1.82, 2.24) is 5.32 Å². The van der Waals surface area contributed by atoms with Crippen molar-refractivity contribution in [2.75, 3.05) is 11.5 Å². The SMILES string of the molecule is Cc1ccc(N2C(=O)NC(=O)/C(=C/c3ccc(OCC#N)cc3)C2=O)cc1Cl. The number of nitriles is 1. The summed E-state index contributed by atoms with van der Waals surface area (Å²) in [5, 5.41) is 11.1. The van der Waals surface area contributed by atoms with E-state index in [0.29, 0.717) is 16.3 Å². The normalized spacial score (nSPS) is 15.4. The number of anilines is 1. The Morgan fingerprint density at radius 3 is 2.54 bits per heavy atom. The van der Waals surface area contributed by atoms with E-state index in [2.05, 4.69) is 5.32 Å². The summed E-state index contributed by atoms with van der Waals surface area (Å²) in [7, 11) is 0. The topological polar surface area (TPSA) is 99.5 Å². The van der Waals surface area contributed by atoms with E-state index in [1.807, 2.05) is 6.07 Å². The van der Waals surface area contributed by atoms with Crippen LogP contribution in [-0.2, 0) is 9.59 Å². The van der Waals surface area contributed by atoms with Gasteiger partial charge in [-0.25, -0.2) is 9.69 Å². The lowest BCUT2D eigenvalue weighted by atomic mass is 10.1. The molecule has 28 heavy (non-hydrogen) atoms. The van der Waals surface area contributed by atoms with Crippen molar-refractivity contribution in [3.05, 3.63) is 64.2 Å². The maximum absolute atomic E-state index is 12.8. The lowest BCUT2D eigenvalue weighted by Gasteiger charge is -2.26. The Morgan fingerprint density at radius 1 is 1.18 bits per heavy atom. The first-order valence-corrected chi connectivity index (χ1v) is 8.56. The first-order valence-electron chi connectivity index (χ1n) is 8.18. The van der Waals surface area contributed by atoms with Crippen molar-refractivity contribution in [2.45, 2.75) is 6.92 Å². The Morgan fingerprint density at radius 2 is 1.89 bits per heavy atom. The number of aryl methyl sites for hydroxylation is 1. The Hall–Kier alpha value is -3.63. The predicted octanol–water partition coefficient (Wildman–Crippen LogP) is 3.22. The van der Waals surface area contributed by atoms with Gasteiger partial charge in [0.1, 0.15) is 17.4 Å². The smallest absolute Gasteiger partial charge is 0.335 e. The highest BCUT2D eigenvalue weighted by Gasteiger charge is 2.36. The third kappa shape index (κ3) is 3.87. The van der Waals surface area contributed by atoms with Crippen LogP contribution in [0.4, 0.5) is 10.5 Å². The highest BCUT2D eigenvalue weighted by atomic mass is 35.5. The molecule has 3 rings (SSSR count). The molecule has 0 aliphatic carbocycles. The van der Waals surface area contributed by atoms with Gasteiger partial charge in [0.15, 0.2) is 6.61 Å². The second kappa shape index (κ2) is 7.94. The first kappa shape index (κ1) is 19.1. The maximum Gasteiger partial charge on any atom is 0.335 e. The van der Waals surface area contributed by atoms with Crippen molar-refractivity contribution < 1.29 is 19.1 Å². The van der Waals surface area contributed by atoms with Gasteiger partial charge in [-0.05, 0) is 48.4 Å². The molecule has 0 bridgehead atoms. The van der Waals surface area contributed by atoms with Gasteiger partial charge in [-0.2, -0.15) is 5.26 Å². The summed E-state index contributed by atoms with van der Waals surface area (Å²) in [6, 6.07) is 12.2.